The maximum absolute atomic E-state index is 10.4. The van der Waals surface area contributed by atoms with Crippen molar-refractivity contribution < 1.29 is 9.90 Å². The predicted molar refractivity (Wildman–Crippen MR) is 74.8 cm³/mol. The fourth-order valence-corrected chi connectivity index (χ4v) is 2.78. The van der Waals surface area contributed by atoms with Crippen molar-refractivity contribution in [3.05, 3.63) is 34.3 Å². The standard InChI is InChI=1S/C14H18BrNO2/c15-12-4-1-3-10(7-12)11-8-13(9-11)16-6-2-5-14(17)18/h1,3-4,7,11,13,16H,2,5-6,8-9H2,(H,17,18). The van der Waals surface area contributed by atoms with Gasteiger partial charge in [0.15, 0.2) is 0 Å². The van der Waals surface area contributed by atoms with Crippen LogP contribution >= 0.6 is 15.9 Å². The molecule has 0 saturated heterocycles. The summed E-state index contributed by atoms with van der Waals surface area (Å²) < 4.78 is 1.14. The van der Waals surface area contributed by atoms with Crippen LogP contribution in [0.3, 0.4) is 0 Å². The Labute approximate surface area is 116 Å². The lowest BCUT2D eigenvalue weighted by atomic mass is 9.76. The minimum absolute atomic E-state index is 0.259. The van der Waals surface area contributed by atoms with E-state index in [4.69, 9.17) is 5.11 Å². The van der Waals surface area contributed by atoms with Gasteiger partial charge in [-0.05, 0) is 49.4 Å². The molecule has 18 heavy (non-hydrogen) atoms. The van der Waals surface area contributed by atoms with Crippen LogP contribution in [0.25, 0.3) is 0 Å². The zero-order chi connectivity index (χ0) is 13.0. The van der Waals surface area contributed by atoms with Gasteiger partial charge < -0.3 is 10.4 Å². The molecule has 0 spiro atoms. The minimum atomic E-state index is -0.711. The number of aliphatic carboxylic acids is 1. The van der Waals surface area contributed by atoms with Crippen molar-refractivity contribution in [3.63, 3.8) is 0 Å². The summed E-state index contributed by atoms with van der Waals surface area (Å²) in [7, 11) is 0. The van der Waals surface area contributed by atoms with Gasteiger partial charge in [0.05, 0.1) is 0 Å². The number of benzene rings is 1. The molecule has 0 unspecified atom stereocenters. The molecule has 1 aromatic rings. The first-order valence-corrected chi connectivity index (χ1v) is 7.15. The second-order valence-corrected chi connectivity index (χ2v) is 5.79. The van der Waals surface area contributed by atoms with Gasteiger partial charge in [0, 0.05) is 16.9 Å². The SMILES string of the molecule is O=C(O)CCCNC1CC(c2cccc(Br)c2)C1. The van der Waals surface area contributed by atoms with Crippen LogP contribution in [0.4, 0.5) is 0 Å². The number of hydrogen-bond acceptors (Lipinski definition) is 2. The summed E-state index contributed by atoms with van der Waals surface area (Å²) in [5.41, 5.74) is 1.40. The number of carboxylic acid groups (broad SMARTS) is 1. The summed E-state index contributed by atoms with van der Waals surface area (Å²) in [5, 5.41) is 11.9. The van der Waals surface area contributed by atoms with E-state index in [0.29, 0.717) is 18.4 Å². The Bertz CT molecular complexity index is 416. The van der Waals surface area contributed by atoms with E-state index in [-0.39, 0.29) is 6.42 Å². The van der Waals surface area contributed by atoms with Crippen LogP contribution in [0.15, 0.2) is 28.7 Å². The fraction of sp³-hybridized carbons (Fsp3) is 0.500. The van der Waals surface area contributed by atoms with Crippen LogP contribution in [0.1, 0.15) is 37.2 Å². The Hall–Kier alpha value is -0.870. The van der Waals surface area contributed by atoms with Crippen molar-refractivity contribution >= 4 is 21.9 Å². The maximum Gasteiger partial charge on any atom is 0.303 e. The summed E-state index contributed by atoms with van der Waals surface area (Å²) in [5.74, 6) is -0.0584. The highest BCUT2D eigenvalue weighted by atomic mass is 79.9. The zero-order valence-electron chi connectivity index (χ0n) is 10.2. The molecule has 0 bridgehead atoms. The number of carboxylic acids is 1. The van der Waals surface area contributed by atoms with Crippen LogP contribution in [-0.2, 0) is 4.79 Å². The third-order valence-electron chi connectivity index (χ3n) is 3.46. The third-order valence-corrected chi connectivity index (χ3v) is 3.95. The zero-order valence-corrected chi connectivity index (χ0v) is 11.8. The van der Waals surface area contributed by atoms with E-state index >= 15 is 0 Å². The van der Waals surface area contributed by atoms with Gasteiger partial charge in [-0.3, -0.25) is 4.79 Å². The maximum atomic E-state index is 10.4. The lowest BCUT2D eigenvalue weighted by Crippen LogP contribution is -2.40. The van der Waals surface area contributed by atoms with Crippen molar-refractivity contribution in [3.8, 4) is 0 Å². The first kappa shape index (κ1) is 13.6. The predicted octanol–water partition coefficient (Wildman–Crippen LogP) is 3.15. The Morgan fingerprint density at radius 2 is 2.22 bits per heavy atom. The van der Waals surface area contributed by atoms with E-state index in [1.54, 1.807) is 0 Å². The summed E-state index contributed by atoms with van der Waals surface area (Å²) in [6, 6.07) is 9.04. The first-order chi connectivity index (χ1) is 8.65. The molecule has 98 valence electrons. The van der Waals surface area contributed by atoms with E-state index < -0.39 is 5.97 Å². The largest absolute Gasteiger partial charge is 0.481 e. The number of halogens is 1. The smallest absolute Gasteiger partial charge is 0.303 e. The van der Waals surface area contributed by atoms with Crippen molar-refractivity contribution in [1.82, 2.24) is 5.32 Å². The molecule has 0 radical (unpaired) electrons. The Balaban J connectivity index is 1.66. The van der Waals surface area contributed by atoms with Crippen LogP contribution in [-0.4, -0.2) is 23.7 Å². The van der Waals surface area contributed by atoms with E-state index in [9.17, 15) is 4.79 Å². The molecule has 1 aliphatic rings. The lowest BCUT2D eigenvalue weighted by molar-refractivity contribution is -0.137. The molecule has 0 aromatic heterocycles. The number of carbonyl (C=O) groups is 1. The van der Waals surface area contributed by atoms with Crippen LogP contribution in [0.5, 0.6) is 0 Å². The Morgan fingerprint density at radius 1 is 1.44 bits per heavy atom. The van der Waals surface area contributed by atoms with Crippen molar-refractivity contribution in [2.45, 2.75) is 37.6 Å². The molecular weight excluding hydrogens is 294 g/mol. The molecule has 1 fully saturated rings. The summed E-state index contributed by atoms with van der Waals surface area (Å²) in [4.78, 5) is 10.4. The van der Waals surface area contributed by atoms with Crippen molar-refractivity contribution in [1.29, 1.82) is 0 Å². The summed E-state index contributed by atoms with van der Waals surface area (Å²) in [6.45, 7) is 0.808. The molecule has 2 N–H and O–H groups in total. The molecular formula is C14H18BrNO2. The van der Waals surface area contributed by atoms with E-state index in [2.05, 4.69) is 39.4 Å². The molecule has 3 nitrogen and oxygen atoms in total. The monoisotopic (exact) mass is 311 g/mol. The second kappa shape index (κ2) is 6.34. The molecule has 0 atom stereocenters. The van der Waals surface area contributed by atoms with Gasteiger partial charge in [-0.1, -0.05) is 28.1 Å². The van der Waals surface area contributed by atoms with E-state index in [0.717, 1.165) is 23.9 Å². The van der Waals surface area contributed by atoms with Gasteiger partial charge in [0.25, 0.3) is 0 Å². The van der Waals surface area contributed by atoms with E-state index in [1.165, 1.54) is 5.56 Å². The minimum Gasteiger partial charge on any atom is -0.481 e. The molecule has 2 rings (SSSR count). The molecule has 0 amide bonds. The average molecular weight is 312 g/mol. The average Bonchev–Trinajstić information content (AvgIpc) is 2.25. The van der Waals surface area contributed by atoms with Gasteiger partial charge in [0.1, 0.15) is 0 Å². The third kappa shape index (κ3) is 3.82. The topological polar surface area (TPSA) is 49.3 Å². The number of nitrogens with one attached hydrogen (secondary N) is 1. The van der Waals surface area contributed by atoms with Gasteiger partial charge in [-0.15, -0.1) is 0 Å². The highest BCUT2D eigenvalue weighted by Gasteiger charge is 2.29. The number of rotatable bonds is 6. The quantitative estimate of drug-likeness (QED) is 0.793. The normalized spacial score (nSPS) is 22.5. The van der Waals surface area contributed by atoms with Gasteiger partial charge in [-0.25, -0.2) is 0 Å². The molecule has 1 aliphatic carbocycles. The number of hydrogen-bond donors (Lipinski definition) is 2. The summed E-state index contributed by atoms with van der Waals surface area (Å²) in [6.07, 6.45) is 3.29. The molecule has 4 heteroatoms. The van der Waals surface area contributed by atoms with Crippen molar-refractivity contribution in [2.24, 2.45) is 0 Å². The van der Waals surface area contributed by atoms with Gasteiger partial charge >= 0.3 is 5.97 Å². The van der Waals surface area contributed by atoms with Crippen LogP contribution in [0.2, 0.25) is 0 Å². The first-order valence-electron chi connectivity index (χ1n) is 6.36. The highest BCUT2D eigenvalue weighted by Crippen LogP contribution is 2.37. The molecule has 0 aliphatic heterocycles. The van der Waals surface area contributed by atoms with Crippen molar-refractivity contribution in [2.75, 3.05) is 6.54 Å². The fourth-order valence-electron chi connectivity index (χ4n) is 2.36. The van der Waals surface area contributed by atoms with Gasteiger partial charge in [0.2, 0.25) is 0 Å². The van der Waals surface area contributed by atoms with E-state index in [1.807, 2.05) is 6.07 Å². The molecule has 1 saturated carbocycles. The van der Waals surface area contributed by atoms with Crippen LogP contribution in [0, 0.1) is 0 Å². The second-order valence-electron chi connectivity index (χ2n) is 4.87. The van der Waals surface area contributed by atoms with Gasteiger partial charge in [-0.2, -0.15) is 0 Å². The Morgan fingerprint density at radius 3 is 2.89 bits per heavy atom. The van der Waals surface area contributed by atoms with Crippen LogP contribution < -0.4 is 5.32 Å². The molecule has 0 heterocycles. The lowest BCUT2D eigenvalue weighted by Gasteiger charge is -2.36. The Kier molecular flexibility index (Phi) is 4.78. The summed E-state index contributed by atoms with van der Waals surface area (Å²) >= 11 is 3.49. The molecule has 1 aromatic carbocycles. The highest BCUT2D eigenvalue weighted by molar-refractivity contribution is 9.10.